The number of amides is 1. The van der Waals surface area contributed by atoms with Gasteiger partial charge in [-0.05, 0) is 56.5 Å². The third kappa shape index (κ3) is 3.55. The highest BCUT2D eigenvalue weighted by Crippen LogP contribution is 2.29. The van der Waals surface area contributed by atoms with Crippen LogP contribution in [0.25, 0.3) is 11.4 Å². The van der Waals surface area contributed by atoms with Crippen LogP contribution in [0.3, 0.4) is 0 Å². The summed E-state index contributed by atoms with van der Waals surface area (Å²) in [6, 6.07) is 9.27. The number of benzene rings is 1. The molecular formula is C21H22N6O. The van der Waals surface area contributed by atoms with Crippen molar-refractivity contribution in [2.75, 3.05) is 10.2 Å². The number of nitrogens with one attached hydrogen (secondary N) is 1. The largest absolute Gasteiger partial charge is 0.326 e. The first-order valence-electron chi connectivity index (χ1n) is 9.38. The maximum Gasteiger partial charge on any atom is 0.247 e. The van der Waals surface area contributed by atoms with E-state index in [1.165, 1.54) is 0 Å². The maximum absolute atomic E-state index is 13.0. The zero-order valence-corrected chi connectivity index (χ0v) is 15.9. The van der Waals surface area contributed by atoms with Gasteiger partial charge in [0.25, 0.3) is 0 Å². The van der Waals surface area contributed by atoms with E-state index in [1.54, 1.807) is 36.9 Å². The Morgan fingerprint density at radius 2 is 1.71 bits per heavy atom. The van der Waals surface area contributed by atoms with Crippen molar-refractivity contribution in [3.05, 3.63) is 60.7 Å². The van der Waals surface area contributed by atoms with E-state index in [-0.39, 0.29) is 18.0 Å². The van der Waals surface area contributed by atoms with Crippen LogP contribution in [0, 0.1) is 6.92 Å². The highest BCUT2D eigenvalue weighted by atomic mass is 16.2. The number of aromatic nitrogens is 4. The molecule has 1 saturated heterocycles. The molecule has 0 bridgehead atoms. The molecule has 2 atom stereocenters. The smallest absolute Gasteiger partial charge is 0.247 e. The molecule has 0 aliphatic carbocycles. The molecule has 142 valence electrons. The summed E-state index contributed by atoms with van der Waals surface area (Å²) in [4.78, 5) is 32.4. The summed E-state index contributed by atoms with van der Waals surface area (Å²) in [7, 11) is 0. The summed E-state index contributed by atoms with van der Waals surface area (Å²) in [6.45, 7) is 4.10. The quantitative estimate of drug-likeness (QED) is 0.755. The average molecular weight is 374 g/mol. The zero-order valence-electron chi connectivity index (χ0n) is 15.9. The molecule has 0 radical (unpaired) electrons. The molecule has 28 heavy (non-hydrogen) atoms. The van der Waals surface area contributed by atoms with Crippen molar-refractivity contribution in [1.82, 2.24) is 19.9 Å². The van der Waals surface area contributed by atoms with Gasteiger partial charge in [0.05, 0.1) is 0 Å². The number of hydrogen-bond acceptors (Lipinski definition) is 6. The Balaban J connectivity index is 1.57. The van der Waals surface area contributed by atoms with E-state index in [2.05, 4.69) is 32.2 Å². The lowest BCUT2D eigenvalue weighted by Gasteiger charge is -2.27. The average Bonchev–Trinajstić information content (AvgIpc) is 3.12. The van der Waals surface area contributed by atoms with E-state index in [0.29, 0.717) is 11.8 Å². The molecule has 7 heteroatoms. The van der Waals surface area contributed by atoms with Gasteiger partial charge >= 0.3 is 0 Å². The predicted octanol–water partition coefficient (Wildman–Crippen LogP) is 3.24. The van der Waals surface area contributed by atoms with Gasteiger partial charge in [-0.25, -0.2) is 19.9 Å². The minimum atomic E-state index is -0.296. The van der Waals surface area contributed by atoms with Crippen LogP contribution in [0.2, 0.25) is 0 Å². The summed E-state index contributed by atoms with van der Waals surface area (Å²) in [5.74, 6) is 1.18. The van der Waals surface area contributed by atoms with Gasteiger partial charge in [-0.3, -0.25) is 4.79 Å². The molecule has 1 aliphatic rings. The molecule has 7 nitrogen and oxygen atoms in total. The number of anilines is 2. The zero-order chi connectivity index (χ0) is 19.5. The van der Waals surface area contributed by atoms with Crippen LogP contribution in [0.5, 0.6) is 0 Å². The van der Waals surface area contributed by atoms with Crippen molar-refractivity contribution in [1.29, 1.82) is 0 Å². The van der Waals surface area contributed by atoms with Gasteiger partial charge < -0.3 is 10.2 Å². The second-order valence-electron chi connectivity index (χ2n) is 6.99. The van der Waals surface area contributed by atoms with E-state index in [4.69, 9.17) is 0 Å². The molecule has 4 rings (SSSR count). The fourth-order valence-corrected chi connectivity index (χ4v) is 3.61. The van der Waals surface area contributed by atoms with Gasteiger partial charge in [0.15, 0.2) is 5.82 Å². The first-order chi connectivity index (χ1) is 13.6. The fraction of sp³-hybridized carbons (Fsp3) is 0.286. The molecule has 2 aromatic heterocycles. The van der Waals surface area contributed by atoms with E-state index >= 15 is 0 Å². The third-order valence-corrected chi connectivity index (χ3v) is 5.07. The number of carbonyl (C=O) groups is 1. The lowest BCUT2D eigenvalue weighted by atomic mass is 10.1. The maximum atomic E-state index is 13.0. The summed E-state index contributed by atoms with van der Waals surface area (Å²) >= 11 is 0. The van der Waals surface area contributed by atoms with Crippen LogP contribution in [-0.4, -0.2) is 37.9 Å². The van der Waals surface area contributed by atoms with Crippen LogP contribution in [-0.2, 0) is 4.79 Å². The lowest BCUT2D eigenvalue weighted by Crippen LogP contribution is -2.43. The first-order valence-corrected chi connectivity index (χ1v) is 9.38. The fourth-order valence-electron chi connectivity index (χ4n) is 3.61. The van der Waals surface area contributed by atoms with Gasteiger partial charge in [-0.1, -0.05) is 6.07 Å². The standard InChI is InChI=1S/C21H22N6O/c1-14-5-7-16(13-17(14)19-22-9-3-10-23-19)26-20(28)18-8-6-15(2)27(18)21-24-11-4-12-25-21/h3-5,7,9-13,15,18H,6,8H2,1-2H3,(H,26,28)/t15-,18-/m0/s1. The van der Waals surface area contributed by atoms with Crippen molar-refractivity contribution in [3.8, 4) is 11.4 Å². The van der Waals surface area contributed by atoms with Gasteiger partial charge in [0, 0.05) is 42.1 Å². The van der Waals surface area contributed by atoms with Crippen molar-refractivity contribution >= 4 is 17.5 Å². The first kappa shape index (κ1) is 18.0. The topological polar surface area (TPSA) is 83.9 Å². The summed E-state index contributed by atoms with van der Waals surface area (Å²) < 4.78 is 0. The summed E-state index contributed by atoms with van der Waals surface area (Å²) in [5, 5.41) is 3.05. The van der Waals surface area contributed by atoms with Crippen LogP contribution >= 0.6 is 0 Å². The minimum absolute atomic E-state index is 0.0550. The van der Waals surface area contributed by atoms with Crippen molar-refractivity contribution in [3.63, 3.8) is 0 Å². The van der Waals surface area contributed by atoms with E-state index in [1.807, 2.05) is 30.0 Å². The third-order valence-electron chi connectivity index (χ3n) is 5.07. The molecule has 1 N–H and O–H groups in total. The SMILES string of the molecule is Cc1ccc(NC(=O)[C@@H]2CC[C@H](C)N2c2ncccn2)cc1-c1ncccn1. The number of nitrogens with zero attached hydrogens (tertiary/aromatic N) is 5. The van der Waals surface area contributed by atoms with Gasteiger partial charge in [0.2, 0.25) is 11.9 Å². The molecular weight excluding hydrogens is 352 g/mol. The number of carbonyl (C=O) groups excluding carboxylic acids is 1. The van der Waals surface area contributed by atoms with E-state index < -0.39 is 0 Å². The second-order valence-corrected chi connectivity index (χ2v) is 6.99. The van der Waals surface area contributed by atoms with Crippen LogP contribution in [0.15, 0.2) is 55.1 Å². The Bertz CT molecular complexity index is 963. The van der Waals surface area contributed by atoms with Gasteiger partial charge in [0.1, 0.15) is 6.04 Å². The lowest BCUT2D eigenvalue weighted by molar-refractivity contribution is -0.117. The Hall–Kier alpha value is -3.35. The molecule has 1 aliphatic heterocycles. The minimum Gasteiger partial charge on any atom is -0.326 e. The van der Waals surface area contributed by atoms with E-state index in [0.717, 1.165) is 29.7 Å². The molecule has 0 spiro atoms. The van der Waals surface area contributed by atoms with Gasteiger partial charge in [-0.2, -0.15) is 0 Å². The second kappa shape index (κ2) is 7.72. The van der Waals surface area contributed by atoms with Crippen LogP contribution in [0.4, 0.5) is 11.6 Å². The normalized spacial score (nSPS) is 18.9. The van der Waals surface area contributed by atoms with Crippen LogP contribution < -0.4 is 10.2 Å². The Kier molecular flexibility index (Phi) is 4.97. The number of aryl methyl sites for hydroxylation is 1. The van der Waals surface area contributed by atoms with Crippen LogP contribution in [0.1, 0.15) is 25.3 Å². The molecule has 1 aromatic carbocycles. The highest BCUT2D eigenvalue weighted by molar-refractivity contribution is 5.97. The monoisotopic (exact) mass is 374 g/mol. The number of rotatable bonds is 4. The molecule has 3 aromatic rings. The predicted molar refractivity (Wildman–Crippen MR) is 108 cm³/mol. The van der Waals surface area contributed by atoms with Gasteiger partial charge in [-0.15, -0.1) is 0 Å². The van der Waals surface area contributed by atoms with Crippen molar-refractivity contribution in [2.24, 2.45) is 0 Å². The van der Waals surface area contributed by atoms with Crippen molar-refractivity contribution in [2.45, 2.75) is 38.8 Å². The molecule has 0 saturated carbocycles. The highest BCUT2D eigenvalue weighted by Gasteiger charge is 2.37. The molecule has 1 amide bonds. The Labute approximate surface area is 163 Å². The number of hydrogen-bond donors (Lipinski definition) is 1. The molecule has 1 fully saturated rings. The van der Waals surface area contributed by atoms with Crippen molar-refractivity contribution < 1.29 is 4.79 Å². The van der Waals surface area contributed by atoms with E-state index in [9.17, 15) is 4.79 Å². The summed E-state index contributed by atoms with van der Waals surface area (Å²) in [5.41, 5.74) is 2.69. The molecule has 0 unspecified atom stereocenters. The molecule has 3 heterocycles. The Morgan fingerprint density at radius 3 is 2.43 bits per heavy atom. The Morgan fingerprint density at radius 1 is 1.04 bits per heavy atom. The summed E-state index contributed by atoms with van der Waals surface area (Å²) in [6.07, 6.45) is 8.53.